The SMILES string of the molecule is CCCCOC(=O)N1CCC(C)(N2CCCCC2)C1C(C)(C)C. The first kappa shape index (κ1) is 18.6. The largest absolute Gasteiger partial charge is 0.449 e. The molecule has 4 heteroatoms. The molecule has 1 amide bonds. The van der Waals surface area contributed by atoms with Crippen LogP contribution in [-0.4, -0.2) is 53.7 Å². The van der Waals surface area contributed by atoms with Crippen molar-refractivity contribution in [3.63, 3.8) is 0 Å². The number of likely N-dealkylation sites (tertiary alicyclic amines) is 2. The van der Waals surface area contributed by atoms with Crippen LogP contribution in [0.5, 0.6) is 0 Å². The van der Waals surface area contributed by atoms with Gasteiger partial charge in [-0.1, -0.05) is 40.5 Å². The van der Waals surface area contributed by atoms with E-state index in [4.69, 9.17) is 4.74 Å². The Balaban J connectivity index is 2.16. The van der Waals surface area contributed by atoms with Gasteiger partial charge >= 0.3 is 6.09 Å². The molecular formula is C19H36N2O2. The Bertz CT molecular complexity index is 399. The van der Waals surface area contributed by atoms with E-state index >= 15 is 0 Å². The molecule has 2 rings (SSSR count). The fourth-order valence-electron chi connectivity index (χ4n) is 4.67. The summed E-state index contributed by atoms with van der Waals surface area (Å²) in [6, 6.07) is 0.210. The number of unbranched alkanes of at least 4 members (excludes halogenated alkanes) is 1. The molecular weight excluding hydrogens is 288 g/mol. The van der Waals surface area contributed by atoms with Crippen molar-refractivity contribution in [1.82, 2.24) is 9.80 Å². The normalized spacial score (nSPS) is 29.8. The van der Waals surface area contributed by atoms with Crippen LogP contribution < -0.4 is 0 Å². The average Bonchev–Trinajstić information content (AvgIpc) is 2.87. The molecule has 0 N–H and O–H groups in total. The third kappa shape index (κ3) is 4.01. The number of hydrogen-bond acceptors (Lipinski definition) is 3. The minimum atomic E-state index is -0.112. The molecule has 4 nitrogen and oxygen atoms in total. The van der Waals surface area contributed by atoms with E-state index in [-0.39, 0.29) is 23.1 Å². The van der Waals surface area contributed by atoms with Gasteiger partial charge in [0.05, 0.1) is 12.6 Å². The van der Waals surface area contributed by atoms with Crippen molar-refractivity contribution in [1.29, 1.82) is 0 Å². The molecule has 0 aliphatic carbocycles. The van der Waals surface area contributed by atoms with Crippen molar-refractivity contribution in [2.45, 2.75) is 84.7 Å². The first-order chi connectivity index (χ1) is 10.8. The number of carbonyl (C=O) groups excluding carboxylic acids is 1. The lowest BCUT2D eigenvalue weighted by atomic mass is 9.74. The molecule has 2 saturated heterocycles. The van der Waals surface area contributed by atoms with E-state index in [1.54, 1.807) is 0 Å². The predicted octanol–water partition coefficient (Wildman–Crippen LogP) is 4.29. The number of rotatable bonds is 4. The van der Waals surface area contributed by atoms with Gasteiger partial charge in [-0.05, 0) is 51.1 Å². The van der Waals surface area contributed by atoms with Crippen molar-refractivity contribution >= 4 is 6.09 Å². The van der Waals surface area contributed by atoms with Gasteiger partial charge in [-0.15, -0.1) is 0 Å². The fraction of sp³-hybridized carbons (Fsp3) is 0.947. The minimum absolute atomic E-state index is 0.0481. The maximum absolute atomic E-state index is 12.6. The van der Waals surface area contributed by atoms with Crippen LogP contribution in [0.15, 0.2) is 0 Å². The van der Waals surface area contributed by atoms with Crippen LogP contribution in [0, 0.1) is 5.41 Å². The second kappa shape index (κ2) is 7.42. The summed E-state index contributed by atoms with van der Waals surface area (Å²) in [6.07, 6.45) is 6.86. The lowest BCUT2D eigenvalue weighted by molar-refractivity contribution is -0.00389. The zero-order valence-electron chi connectivity index (χ0n) is 15.9. The minimum Gasteiger partial charge on any atom is -0.449 e. The van der Waals surface area contributed by atoms with E-state index in [1.165, 1.54) is 32.4 Å². The Morgan fingerprint density at radius 1 is 1.17 bits per heavy atom. The Labute approximate surface area is 142 Å². The molecule has 0 radical (unpaired) electrons. The summed E-state index contributed by atoms with van der Waals surface area (Å²) in [7, 11) is 0. The lowest BCUT2D eigenvalue weighted by Gasteiger charge is -2.50. The van der Waals surface area contributed by atoms with Crippen molar-refractivity contribution in [2.24, 2.45) is 5.41 Å². The molecule has 2 fully saturated rings. The Morgan fingerprint density at radius 3 is 2.39 bits per heavy atom. The smallest absolute Gasteiger partial charge is 0.410 e. The quantitative estimate of drug-likeness (QED) is 0.723. The second-order valence-corrected chi connectivity index (χ2v) is 8.58. The van der Waals surface area contributed by atoms with Crippen LogP contribution in [0.4, 0.5) is 4.79 Å². The van der Waals surface area contributed by atoms with Crippen molar-refractivity contribution in [3.8, 4) is 0 Å². The molecule has 0 spiro atoms. The van der Waals surface area contributed by atoms with Crippen molar-refractivity contribution in [2.75, 3.05) is 26.2 Å². The summed E-state index contributed by atoms with van der Waals surface area (Å²) < 4.78 is 5.54. The Hall–Kier alpha value is -0.770. The van der Waals surface area contributed by atoms with Gasteiger partial charge in [0.2, 0.25) is 0 Å². The predicted molar refractivity (Wildman–Crippen MR) is 94.7 cm³/mol. The van der Waals surface area contributed by atoms with Gasteiger partial charge < -0.3 is 9.64 Å². The molecule has 23 heavy (non-hydrogen) atoms. The number of amides is 1. The van der Waals surface area contributed by atoms with E-state index in [0.29, 0.717) is 6.61 Å². The monoisotopic (exact) mass is 324 g/mol. The molecule has 2 heterocycles. The third-order valence-electron chi connectivity index (χ3n) is 5.62. The van der Waals surface area contributed by atoms with Crippen LogP contribution in [0.3, 0.4) is 0 Å². The molecule has 2 aliphatic rings. The van der Waals surface area contributed by atoms with Gasteiger partial charge in [0.1, 0.15) is 0 Å². The number of carbonyl (C=O) groups is 1. The lowest BCUT2D eigenvalue weighted by Crippen LogP contribution is -2.61. The highest BCUT2D eigenvalue weighted by molar-refractivity contribution is 5.69. The van der Waals surface area contributed by atoms with Crippen LogP contribution in [0.1, 0.15) is 73.1 Å². The Kier molecular flexibility index (Phi) is 5.99. The van der Waals surface area contributed by atoms with Crippen LogP contribution in [-0.2, 0) is 4.74 Å². The fourth-order valence-corrected chi connectivity index (χ4v) is 4.67. The van der Waals surface area contributed by atoms with E-state index in [0.717, 1.165) is 25.8 Å². The van der Waals surface area contributed by atoms with Gasteiger partial charge in [-0.25, -0.2) is 4.79 Å². The maximum atomic E-state index is 12.6. The molecule has 0 aromatic rings. The van der Waals surface area contributed by atoms with E-state index in [1.807, 2.05) is 4.90 Å². The maximum Gasteiger partial charge on any atom is 0.410 e. The highest BCUT2D eigenvalue weighted by atomic mass is 16.6. The summed E-state index contributed by atoms with van der Waals surface area (Å²) in [6.45, 7) is 15.0. The molecule has 0 aromatic carbocycles. The first-order valence-corrected chi connectivity index (χ1v) is 9.49. The van der Waals surface area contributed by atoms with E-state index in [9.17, 15) is 4.79 Å². The van der Waals surface area contributed by atoms with Crippen LogP contribution in [0.2, 0.25) is 0 Å². The number of piperidine rings is 1. The van der Waals surface area contributed by atoms with Gasteiger partial charge in [0, 0.05) is 12.1 Å². The zero-order chi connectivity index (χ0) is 17.1. The average molecular weight is 325 g/mol. The topological polar surface area (TPSA) is 32.8 Å². The second-order valence-electron chi connectivity index (χ2n) is 8.58. The standard InChI is InChI=1S/C19H36N2O2/c1-6-7-15-23-17(22)21-14-11-19(5,16(21)18(2,3)4)20-12-9-8-10-13-20/h16H,6-15H2,1-5H3. The zero-order valence-corrected chi connectivity index (χ0v) is 15.9. The van der Waals surface area contributed by atoms with Crippen molar-refractivity contribution in [3.05, 3.63) is 0 Å². The first-order valence-electron chi connectivity index (χ1n) is 9.49. The van der Waals surface area contributed by atoms with Crippen molar-refractivity contribution < 1.29 is 9.53 Å². The van der Waals surface area contributed by atoms with Gasteiger partial charge in [-0.2, -0.15) is 0 Å². The summed E-state index contributed by atoms with van der Waals surface area (Å²) in [4.78, 5) is 17.3. The van der Waals surface area contributed by atoms with Gasteiger partial charge in [-0.3, -0.25) is 4.90 Å². The summed E-state index contributed by atoms with van der Waals surface area (Å²) in [5.41, 5.74) is 0.120. The Morgan fingerprint density at radius 2 is 1.83 bits per heavy atom. The summed E-state index contributed by atoms with van der Waals surface area (Å²) in [5.74, 6) is 0. The number of hydrogen-bond donors (Lipinski definition) is 0. The molecule has 0 bridgehead atoms. The molecule has 2 aliphatic heterocycles. The van der Waals surface area contributed by atoms with E-state index < -0.39 is 0 Å². The third-order valence-corrected chi connectivity index (χ3v) is 5.62. The highest BCUT2D eigenvalue weighted by Crippen LogP contribution is 2.44. The molecule has 0 saturated carbocycles. The highest BCUT2D eigenvalue weighted by Gasteiger charge is 2.54. The molecule has 2 atom stereocenters. The summed E-state index contributed by atoms with van der Waals surface area (Å²) >= 11 is 0. The van der Waals surface area contributed by atoms with Crippen LogP contribution >= 0.6 is 0 Å². The molecule has 2 unspecified atom stereocenters. The number of ether oxygens (including phenoxy) is 1. The van der Waals surface area contributed by atoms with E-state index in [2.05, 4.69) is 39.5 Å². The molecule has 0 aromatic heterocycles. The molecule has 134 valence electrons. The van der Waals surface area contributed by atoms with Gasteiger partial charge in [0.15, 0.2) is 0 Å². The summed E-state index contributed by atoms with van der Waals surface area (Å²) in [5, 5.41) is 0. The van der Waals surface area contributed by atoms with Crippen LogP contribution in [0.25, 0.3) is 0 Å². The van der Waals surface area contributed by atoms with Gasteiger partial charge in [0.25, 0.3) is 0 Å². The number of nitrogens with zero attached hydrogens (tertiary/aromatic N) is 2.